The first-order valence-electron chi connectivity index (χ1n) is 26.1. The van der Waals surface area contributed by atoms with E-state index < -0.39 is 0 Å². The Kier molecular flexibility index (Phi) is 50.5. The van der Waals surface area contributed by atoms with Crippen LogP contribution < -0.4 is 0 Å². The second kappa shape index (κ2) is 51.2. The molecule has 55 heavy (non-hydrogen) atoms. The van der Waals surface area contributed by atoms with Crippen LogP contribution in [-0.2, 0) is 9.53 Å². The Bertz CT molecular complexity index is 713. The average molecular weight is 773 g/mol. The van der Waals surface area contributed by atoms with Gasteiger partial charge in [-0.1, -0.05) is 283 Å². The Morgan fingerprint density at radius 3 is 0.782 bits per heavy atom. The van der Waals surface area contributed by atoms with E-state index in [2.05, 4.69) is 26.0 Å². The summed E-state index contributed by atoms with van der Waals surface area (Å²) in [5, 5.41) is 0. The molecule has 0 bridgehead atoms. The molecule has 0 heterocycles. The highest BCUT2D eigenvalue weighted by atomic mass is 16.5. The molecule has 2 nitrogen and oxygen atoms in total. The Hall–Kier alpha value is -0.790. The fourth-order valence-corrected chi connectivity index (χ4v) is 8.25. The van der Waals surface area contributed by atoms with E-state index in [1.165, 1.54) is 283 Å². The monoisotopic (exact) mass is 773 g/mol. The SMILES string of the molecule is CCCCCCCC/C=C\CCCCCCCCOC(=O)CCCCCCCCCCCCCCCCCCCCCCCCCCCCCCCCCC. The summed E-state index contributed by atoms with van der Waals surface area (Å²) in [7, 11) is 0. The Labute approximate surface area is 348 Å². The minimum Gasteiger partial charge on any atom is -0.466 e. The van der Waals surface area contributed by atoms with Crippen LogP contribution in [0.2, 0.25) is 0 Å². The largest absolute Gasteiger partial charge is 0.466 e. The molecule has 0 aromatic rings. The number of carbonyl (C=O) groups excluding carboxylic acids is 1. The topological polar surface area (TPSA) is 26.3 Å². The van der Waals surface area contributed by atoms with Gasteiger partial charge in [-0.15, -0.1) is 0 Å². The van der Waals surface area contributed by atoms with Gasteiger partial charge in [0.25, 0.3) is 0 Å². The summed E-state index contributed by atoms with van der Waals surface area (Å²) >= 11 is 0. The van der Waals surface area contributed by atoms with Gasteiger partial charge in [0.2, 0.25) is 0 Å². The molecule has 0 atom stereocenters. The van der Waals surface area contributed by atoms with Crippen LogP contribution in [0.5, 0.6) is 0 Å². The number of carbonyl (C=O) groups is 1. The lowest BCUT2D eigenvalue weighted by Crippen LogP contribution is -2.05. The molecule has 0 spiro atoms. The van der Waals surface area contributed by atoms with Crippen LogP contribution in [-0.4, -0.2) is 12.6 Å². The van der Waals surface area contributed by atoms with E-state index >= 15 is 0 Å². The summed E-state index contributed by atoms with van der Waals surface area (Å²) in [6.45, 7) is 5.22. The van der Waals surface area contributed by atoms with E-state index in [1.807, 2.05) is 0 Å². The molecule has 0 saturated heterocycles. The molecule has 0 aliphatic heterocycles. The first-order valence-corrected chi connectivity index (χ1v) is 26.1. The average Bonchev–Trinajstić information content (AvgIpc) is 3.19. The first-order chi connectivity index (χ1) is 27.3. The molecule has 0 unspecified atom stereocenters. The number of hydrogen-bond acceptors (Lipinski definition) is 2. The van der Waals surface area contributed by atoms with Crippen molar-refractivity contribution in [1.82, 2.24) is 0 Å². The maximum atomic E-state index is 12.0. The third-order valence-corrected chi connectivity index (χ3v) is 12.2. The summed E-state index contributed by atoms with van der Waals surface area (Å²) in [6.07, 6.45) is 69.4. The molecule has 0 aliphatic carbocycles. The van der Waals surface area contributed by atoms with Crippen molar-refractivity contribution in [2.24, 2.45) is 0 Å². The highest BCUT2D eigenvalue weighted by molar-refractivity contribution is 5.69. The van der Waals surface area contributed by atoms with Crippen LogP contribution >= 0.6 is 0 Å². The highest BCUT2D eigenvalue weighted by Gasteiger charge is 2.03. The molecule has 328 valence electrons. The number of allylic oxidation sites excluding steroid dienone is 2. The molecule has 0 aliphatic rings. The number of hydrogen-bond donors (Lipinski definition) is 0. The van der Waals surface area contributed by atoms with Crippen molar-refractivity contribution in [1.29, 1.82) is 0 Å². The van der Waals surface area contributed by atoms with Crippen LogP contribution in [0.4, 0.5) is 0 Å². The first kappa shape index (κ1) is 54.2. The van der Waals surface area contributed by atoms with Crippen molar-refractivity contribution in [3.63, 3.8) is 0 Å². The van der Waals surface area contributed by atoms with Gasteiger partial charge in [-0.25, -0.2) is 0 Å². The van der Waals surface area contributed by atoms with Gasteiger partial charge < -0.3 is 4.74 Å². The maximum Gasteiger partial charge on any atom is 0.305 e. The lowest BCUT2D eigenvalue weighted by molar-refractivity contribution is -0.143. The molecular weight excluding hydrogens is 669 g/mol. The smallest absolute Gasteiger partial charge is 0.305 e. The summed E-state index contributed by atoms with van der Waals surface area (Å²) in [5.74, 6) is 0.0262. The van der Waals surface area contributed by atoms with Crippen molar-refractivity contribution < 1.29 is 9.53 Å². The Balaban J connectivity index is 3.15. The number of rotatable bonds is 49. The van der Waals surface area contributed by atoms with E-state index in [0.29, 0.717) is 13.0 Å². The van der Waals surface area contributed by atoms with Crippen LogP contribution in [0.1, 0.15) is 316 Å². The molecule has 0 fully saturated rings. The Morgan fingerprint density at radius 2 is 0.509 bits per heavy atom. The molecule has 0 N–H and O–H groups in total. The quantitative estimate of drug-likeness (QED) is 0.0350. The lowest BCUT2D eigenvalue weighted by Gasteiger charge is -2.06. The van der Waals surface area contributed by atoms with Crippen LogP contribution in [0.25, 0.3) is 0 Å². The normalized spacial score (nSPS) is 11.7. The van der Waals surface area contributed by atoms with Crippen molar-refractivity contribution >= 4 is 5.97 Å². The van der Waals surface area contributed by atoms with Gasteiger partial charge in [0.15, 0.2) is 0 Å². The summed E-state index contributed by atoms with van der Waals surface area (Å²) in [5.41, 5.74) is 0. The second-order valence-electron chi connectivity index (χ2n) is 17.9. The zero-order chi connectivity index (χ0) is 39.6. The third kappa shape index (κ3) is 51.2. The number of ether oxygens (including phenoxy) is 1. The molecule has 0 radical (unpaired) electrons. The maximum absolute atomic E-state index is 12.0. The minimum absolute atomic E-state index is 0.0262. The summed E-state index contributed by atoms with van der Waals surface area (Å²) in [4.78, 5) is 12.0. The zero-order valence-electron chi connectivity index (χ0n) is 38.4. The second-order valence-corrected chi connectivity index (χ2v) is 17.9. The van der Waals surface area contributed by atoms with E-state index in [9.17, 15) is 4.79 Å². The predicted octanol–water partition coefficient (Wildman–Crippen LogP) is 19.5. The molecule has 0 aromatic heterocycles. The van der Waals surface area contributed by atoms with Crippen molar-refractivity contribution in [2.75, 3.05) is 6.61 Å². The van der Waals surface area contributed by atoms with Gasteiger partial charge in [0.05, 0.1) is 6.61 Å². The minimum atomic E-state index is 0.0262. The highest BCUT2D eigenvalue weighted by Crippen LogP contribution is 2.17. The molecule has 0 rings (SSSR count). The van der Waals surface area contributed by atoms with Crippen LogP contribution in [0, 0.1) is 0 Å². The Morgan fingerprint density at radius 1 is 0.291 bits per heavy atom. The van der Waals surface area contributed by atoms with Crippen molar-refractivity contribution in [3.05, 3.63) is 12.2 Å². The van der Waals surface area contributed by atoms with Gasteiger partial charge in [-0.2, -0.15) is 0 Å². The van der Waals surface area contributed by atoms with Gasteiger partial charge in [0.1, 0.15) is 0 Å². The molecular formula is C53H104O2. The summed E-state index contributed by atoms with van der Waals surface area (Å²) in [6, 6.07) is 0. The predicted molar refractivity (Wildman–Crippen MR) is 248 cm³/mol. The number of esters is 1. The van der Waals surface area contributed by atoms with Crippen molar-refractivity contribution in [2.45, 2.75) is 316 Å². The van der Waals surface area contributed by atoms with Gasteiger partial charge in [-0.3, -0.25) is 4.79 Å². The number of unbranched alkanes of at least 4 members (excludes halogenated alkanes) is 43. The molecule has 0 aromatic carbocycles. The summed E-state index contributed by atoms with van der Waals surface area (Å²) < 4.78 is 5.48. The van der Waals surface area contributed by atoms with Crippen LogP contribution in [0.15, 0.2) is 12.2 Å². The third-order valence-electron chi connectivity index (χ3n) is 12.2. The van der Waals surface area contributed by atoms with E-state index in [4.69, 9.17) is 4.74 Å². The van der Waals surface area contributed by atoms with Crippen LogP contribution in [0.3, 0.4) is 0 Å². The van der Waals surface area contributed by atoms with E-state index in [-0.39, 0.29) is 5.97 Å². The van der Waals surface area contributed by atoms with E-state index in [1.54, 1.807) is 0 Å². The molecule has 0 saturated carbocycles. The fourth-order valence-electron chi connectivity index (χ4n) is 8.25. The standard InChI is InChI=1S/C53H104O2/c1-3-5-7-9-11-13-15-17-19-21-22-23-24-25-26-27-28-29-30-31-32-33-34-35-36-37-39-41-43-45-47-49-51-53(54)55-52-50-48-46-44-42-40-38-20-18-16-14-12-10-8-6-4-2/h18,20H,3-17,19,21-52H2,1-2H3/b20-18-. The van der Waals surface area contributed by atoms with Gasteiger partial charge >= 0.3 is 5.97 Å². The zero-order valence-corrected chi connectivity index (χ0v) is 38.4. The fraction of sp³-hybridized carbons (Fsp3) is 0.943. The van der Waals surface area contributed by atoms with Crippen molar-refractivity contribution in [3.8, 4) is 0 Å². The van der Waals surface area contributed by atoms with Gasteiger partial charge in [0, 0.05) is 6.42 Å². The van der Waals surface area contributed by atoms with E-state index in [0.717, 1.165) is 12.8 Å². The molecule has 0 amide bonds. The van der Waals surface area contributed by atoms with Gasteiger partial charge in [-0.05, 0) is 38.5 Å². The molecule has 2 heteroatoms. The lowest BCUT2D eigenvalue weighted by atomic mass is 10.0.